The molecule has 0 fully saturated rings. The minimum absolute atomic E-state index is 0.374. The highest BCUT2D eigenvalue weighted by atomic mass is 16.5. The maximum absolute atomic E-state index is 5.48. The molecule has 0 aliphatic rings. The largest absolute Gasteiger partial charge is 0.385 e. The van der Waals surface area contributed by atoms with E-state index >= 15 is 0 Å². The quantitative estimate of drug-likeness (QED) is 0.669. The maximum Gasteiger partial charge on any atom is 0.0591 e. The predicted octanol–water partition coefficient (Wildman–Crippen LogP) is 2.39. The fourth-order valence-electron chi connectivity index (χ4n) is 1.61. The first kappa shape index (κ1) is 14.2. The van der Waals surface area contributed by atoms with Crippen molar-refractivity contribution in [1.29, 1.82) is 0 Å². The molecule has 1 unspecified atom stereocenters. The second kappa shape index (κ2) is 9.16. The van der Waals surface area contributed by atoms with Crippen LogP contribution in [0.3, 0.4) is 0 Å². The van der Waals surface area contributed by atoms with Gasteiger partial charge in [0.1, 0.15) is 0 Å². The van der Waals surface area contributed by atoms with Crippen LogP contribution < -0.4 is 5.32 Å². The van der Waals surface area contributed by atoms with E-state index in [1.165, 1.54) is 5.56 Å². The zero-order valence-electron chi connectivity index (χ0n) is 10.8. The summed E-state index contributed by atoms with van der Waals surface area (Å²) in [5.41, 5.74) is 1.31. The Kier molecular flexibility index (Phi) is 7.63. The molecule has 1 aromatic rings. The molecule has 0 radical (unpaired) electrons. The number of hydrogen-bond acceptors (Lipinski definition) is 3. The monoisotopic (exact) mass is 237 g/mol. The molecule has 0 aliphatic carbocycles. The normalized spacial score (nSPS) is 12.6. The van der Waals surface area contributed by atoms with E-state index in [0.717, 1.165) is 32.8 Å². The van der Waals surface area contributed by atoms with Gasteiger partial charge in [-0.2, -0.15) is 0 Å². The standard InChI is InChI=1S/C14H23NO2/c1-13(14-7-4-3-5-8-14)15-9-12-17-11-6-10-16-2/h3-5,7-8,13,15H,6,9-12H2,1-2H3. The molecule has 1 aromatic carbocycles. The molecule has 96 valence electrons. The first-order chi connectivity index (χ1) is 8.34. The Hall–Kier alpha value is -0.900. The fraction of sp³-hybridized carbons (Fsp3) is 0.571. The summed E-state index contributed by atoms with van der Waals surface area (Å²) in [7, 11) is 1.71. The van der Waals surface area contributed by atoms with Crippen molar-refractivity contribution in [1.82, 2.24) is 5.32 Å². The van der Waals surface area contributed by atoms with Crippen LogP contribution in [0.1, 0.15) is 24.9 Å². The van der Waals surface area contributed by atoms with E-state index in [4.69, 9.17) is 9.47 Å². The highest BCUT2D eigenvalue weighted by Gasteiger charge is 2.02. The van der Waals surface area contributed by atoms with Crippen molar-refractivity contribution in [2.45, 2.75) is 19.4 Å². The molecular formula is C14H23NO2. The number of benzene rings is 1. The number of rotatable bonds is 9. The van der Waals surface area contributed by atoms with Crippen molar-refractivity contribution in [3.05, 3.63) is 35.9 Å². The van der Waals surface area contributed by atoms with Gasteiger partial charge in [0, 0.05) is 32.9 Å². The van der Waals surface area contributed by atoms with Gasteiger partial charge in [0.05, 0.1) is 6.61 Å². The van der Waals surface area contributed by atoms with Gasteiger partial charge < -0.3 is 14.8 Å². The lowest BCUT2D eigenvalue weighted by atomic mass is 10.1. The third-order valence-corrected chi connectivity index (χ3v) is 2.63. The Labute approximate surface area is 104 Å². The topological polar surface area (TPSA) is 30.5 Å². The molecule has 17 heavy (non-hydrogen) atoms. The van der Waals surface area contributed by atoms with Gasteiger partial charge in [-0.15, -0.1) is 0 Å². The van der Waals surface area contributed by atoms with Crippen molar-refractivity contribution in [3.8, 4) is 0 Å². The zero-order chi connectivity index (χ0) is 12.3. The molecule has 1 rings (SSSR count). The Morgan fingerprint density at radius 3 is 2.59 bits per heavy atom. The van der Waals surface area contributed by atoms with Crippen LogP contribution in [0.4, 0.5) is 0 Å². The maximum atomic E-state index is 5.48. The van der Waals surface area contributed by atoms with Gasteiger partial charge >= 0.3 is 0 Å². The summed E-state index contributed by atoms with van der Waals surface area (Å²) >= 11 is 0. The van der Waals surface area contributed by atoms with E-state index in [9.17, 15) is 0 Å². The fourth-order valence-corrected chi connectivity index (χ4v) is 1.61. The predicted molar refractivity (Wildman–Crippen MR) is 70.2 cm³/mol. The van der Waals surface area contributed by atoms with Gasteiger partial charge in [0.15, 0.2) is 0 Å². The molecule has 1 N–H and O–H groups in total. The molecule has 0 saturated carbocycles. The van der Waals surface area contributed by atoms with E-state index in [1.807, 2.05) is 6.07 Å². The lowest BCUT2D eigenvalue weighted by Gasteiger charge is -2.14. The Bertz CT molecular complexity index is 277. The van der Waals surface area contributed by atoms with Crippen molar-refractivity contribution < 1.29 is 9.47 Å². The first-order valence-corrected chi connectivity index (χ1v) is 6.19. The third kappa shape index (κ3) is 6.41. The van der Waals surface area contributed by atoms with Crippen LogP contribution in [0.15, 0.2) is 30.3 Å². The summed E-state index contributed by atoms with van der Waals surface area (Å²) in [6.07, 6.45) is 0.963. The number of methoxy groups -OCH3 is 1. The second-order valence-electron chi connectivity index (χ2n) is 4.05. The van der Waals surface area contributed by atoms with E-state index in [1.54, 1.807) is 7.11 Å². The average Bonchev–Trinajstić information content (AvgIpc) is 2.38. The minimum atomic E-state index is 0.374. The third-order valence-electron chi connectivity index (χ3n) is 2.63. The molecule has 0 amide bonds. The first-order valence-electron chi connectivity index (χ1n) is 6.19. The van der Waals surface area contributed by atoms with Crippen LogP contribution in [0.2, 0.25) is 0 Å². The number of nitrogens with one attached hydrogen (secondary N) is 1. The lowest BCUT2D eigenvalue weighted by molar-refractivity contribution is 0.103. The van der Waals surface area contributed by atoms with E-state index in [0.29, 0.717) is 6.04 Å². The Balaban J connectivity index is 2.03. The summed E-state index contributed by atoms with van der Waals surface area (Å²) in [6, 6.07) is 10.8. The molecule has 3 nitrogen and oxygen atoms in total. The number of hydrogen-bond donors (Lipinski definition) is 1. The van der Waals surface area contributed by atoms with Gasteiger partial charge in [-0.25, -0.2) is 0 Å². The molecule has 3 heteroatoms. The highest BCUT2D eigenvalue weighted by Crippen LogP contribution is 2.10. The summed E-state index contributed by atoms with van der Waals surface area (Å²) in [5, 5.41) is 3.43. The van der Waals surface area contributed by atoms with Crippen LogP contribution in [-0.2, 0) is 9.47 Å². The van der Waals surface area contributed by atoms with Gasteiger partial charge in [-0.3, -0.25) is 0 Å². The molecule has 0 heterocycles. The molecule has 1 atom stereocenters. The van der Waals surface area contributed by atoms with E-state index in [2.05, 4.69) is 36.5 Å². The van der Waals surface area contributed by atoms with E-state index in [-0.39, 0.29) is 0 Å². The molecule has 0 aliphatic heterocycles. The highest BCUT2D eigenvalue weighted by molar-refractivity contribution is 5.17. The smallest absolute Gasteiger partial charge is 0.0591 e. The second-order valence-corrected chi connectivity index (χ2v) is 4.05. The Morgan fingerprint density at radius 1 is 1.12 bits per heavy atom. The van der Waals surface area contributed by atoms with Gasteiger partial charge in [-0.05, 0) is 18.9 Å². The van der Waals surface area contributed by atoms with Gasteiger partial charge in [0.2, 0.25) is 0 Å². The summed E-state index contributed by atoms with van der Waals surface area (Å²) in [6.45, 7) is 5.34. The summed E-state index contributed by atoms with van der Waals surface area (Å²) in [5.74, 6) is 0. The van der Waals surface area contributed by atoms with Crippen molar-refractivity contribution in [3.63, 3.8) is 0 Å². The SMILES string of the molecule is COCCCOCCNC(C)c1ccccc1. The van der Waals surface area contributed by atoms with E-state index < -0.39 is 0 Å². The van der Waals surface area contributed by atoms with Crippen LogP contribution >= 0.6 is 0 Å². The van der Waals surface area contributed by atoms with Gasteiger partial charge in [-0.1, -0.05) is 30.3 Å². The van der Waals surface area contributed by atoms with Crippen LogP contribution in [0, 0.1) is 0 Å². The average molecular weight is 237 g/mol. The molecular weight excluding hydrogens is 214 g/mol. The van der Waals surface area contributed by atoms with Crippen molar-refractivity contribution in [2.75, 3.05) is 33.5 Å². The molecule has 0 saturated heterocycles. The molecule has 0 spiro atoms. The number of ether oxygens (including phenoxy) is 2. The van der Waals surface area contributed by atoms with Crippen LogP contribution in [0.25, 0.3) is 0 Å². The van der Waals surface area contributed by atoms with Crippen molar-refractivity contribution >= 4 is 0 Å². The van der Waals surface area contributed by atoms with Crippen LogP contribution in [-0.4, -0.2) is 33.5 Å². The van der Waals surface area contributed by atoms with Gasteiger partial charge in [0.25, 0.3) is 0 Å². The zero-order valence-corrected chi connectivity index (χ0v) is 10.8. The summed E-state index contributed by atoms with van der Waals surface area (Å²) < 4.78 is 10.4. The molecule has 0 bridgehead atoms. The summed E-state index contributed by atoms with van der Waals surface area (Å²) in [4.78, 5) is 0. The minimum Gasteiger partial charge on any atom is -0.385 e. The molecule has 0 aromatic heterocycles. The Morgan fingerprint density at radius 2 is 1.88 bits per heavy atom. The van der Waals surface area contributed by atoms with Crippen molar-refractivity contribution in [2.24, 2.45) is 0 Å². The van der Waals surface area contributed by atoms with Crippen LogP contribution in [0.5, 0.6) is 0 Å². The lowest BCUT2D eigenvalue weighted by Crippen LogP contribution is -2.23.